The van der Waals surface area contributed by atoms with Crippen LogP contribution in [0, 0.1) is 0 Å². The van der Waals surface area contributed by atoms with E-state index in [-0.39, 0.29) is 28.9 Å². The summed E-state index contributed by atoms with van der Waals surface area (Å²) in [6.45, 7) is 1.82. The van der Waals surface area contributed by atoms with Crippen LogP contribution in [0.5, 0.6) is 0 Å². The molecule has 0 amide bonds. The first-order valence-corrected chi connectivity index (χ1v) is 6.91. The summed E-state index contributed by atoms with van der Waals surface area (Å²) in [7, 11) is 0. The van der Waals surface area contributed by atoms with E-state index in [0.717, 1.165) is 0 Å². The lowest BCUT2D eigenvalue weighted by Gasteiger charge is -2.11. The first-order valence-electron chi connectivity index (χ1n) is 6.50. The molecule has 1 aromatic carbocycles. The van der Waals surface area contributed by atoms with E-state index >= 15 is 0 Å². The van der Waals surface area contributed by atoms with E-state index < -0.39 is 12.1 Å². The van der Waals surface area contributed by atoms with Crippen LogP contribution in [-0.2, 0) is 14.3 Å². The van der Waals surface area contributed by atoms with E-state index in [2.05, 4.69) is 10.5 Å². The Bertz CT molecular complexity index is 643. The fourth-order valence-electron chi connectivity index (χ4n) is 1.77. The Balaban J connectivity index is 2.20. The molecule has 116 valence electrons. The number of thiocarbonyl (C=S) groups is 1. The molecule has 1 aliphatic rings. The third-order valence-electron chi connectivity index (χ3n) is 2.78. The summed E-state index contributed by atoms with van der Waals surface area (Å²) in [5.41, 5.74) is 8.48. The van der Waals surface area contributed by atoms with Gasteiger partial charge in [0.15, 0.2) is 11.7 Å². The van der Waals surface area contributed by atoms with E-state index in [1.54, 1.807) is 31.2 Å². The molecule has 1 aromatic rings. The molecule has 8 heteroatoms. The van der Waals surface area contributed by atoms with Gasteiger partial charge in [-0.05, 0) is 12.5 Å². The minimum atomic E-state index is -1.08. The summed E-state index contributed by atoms with van der Waals surface area (Å²) in [5.74, 6) is -0.793. The van der Waals surface area contributed by atoms with Crippen molar-refractivity contribution in [2.45, 2.75) is 13.0 Å². The Morgan fingerprint density at radius 3 is 2.77 bits per heavy atom. The second-order valence-corrected chi connectivity index (χ2v) is 4.71. The molecule has 1 heterocycles. The quantitative estimate of drug-likeness (QED) is 0.417. The number of rotatable bonds is 5. The number of hydrogen-bond acceptors (Lipinski definition) is 7. The van der Waals surface area contributed by atoms with Gasteiger partial charge in [-0.25, -0.2) is 10.2 Å². The number of carbonyl (C=O) groups is 1. The molecule has 22 heavy (non-hydrogen) atoms. The standard InChI is InChI=1S/C14H15N3O4S/c1-2-20-14(19)9(11(15)22)12-16-17-13(21-12)10(18)8-6-4-3-5-7-8/h3-7,10,16,18H,2H2,1H3,(H2,15,22)/b12-9-/t10-/m0/s1. The molecule has 0 bridgehead atoms. The van der Waals surface area contributed by atoms with Gasteiger partial charge in [0.25, 0.3) is 0 Å². The van der Waals surface area contributed by atoms with Crippen LogP contribution in [0.15, 0.2) is 46.9 Å². The van der Waals surface area contributed by atoms with Gasteiger partial charge in [-0.2, -0.15) is 0 Å². The zero-order chi connectivity index (χ0) is 16.1. The number of aliphatic hydroxyl groups excluding tert-OH is 1. The summed E-state index contributed by atoms with van der Waals surface area (Å²) in [4.78, 5) is 11.6. The number of nitrogens with one attached hydrogen (secondary N) is 1. The minimum Gasteiger partial charge on any atom is -0.462 e. The summed E-state index contributed by atoms with van der Waals surface area (Å²) < 4.78 is 10.2. The Morgan fingerprint density at radius 1 is 1.50 bits per heavy atom. The van der Waals surface area contributed by atoms with E-state index in [0.29, 0.717) is 5.56 Å². The zero-order valence-corrected chi connectivity index (χ0v) is 12.6. The van der Waals surface area contributed by atoms with E-state index in [1.165, 1.54) is 0 Å². The molecule has 0 aromatic heterocycles. The van der Waals surface area contributed by atoms with Crippen molar-refractivity contribution >= 4 is 29.1 Å². The number of benzene rings is 1. The van der Waals surface area contributed by atoms with Crippen LogP contribution in [0.2, 0.25) is 0 Å². The molecule has 0 fully saturated rings. The van der Waals surface area contributed by atoms with Gasteiger partial charge in [0.2, 0.25) is 11.8 Å². The normalized spacial score (nSPS) is 16.9. The molecule has 0 saturated carbocycles. The van der Waals surface area contributed by atoms with Crippen molar-refractivity contribution in [3.8, 4) is 0 Å². The predicted octanol–water partition coefficient (Wildman–Crippen LogP) is 0.714. The molecule has 1 aliphatic heterocycles. The number of carbonyl (C=O) groups excluding carboxylic acids is 1. The van der Waals surface area contributed by atoms with Crippen molar-refractivity contribution in [1.29, 1.82) is 0 Å². The maximum atomic E-state index is 11.8. The van der Waals surface area contributed by atoms with Crippen LogP contribution in [0.4, 0.5) is 0 Å². The highest BCUT2D eigenvalue weighted by Crippen LogP contribution is 2.21. The maximum Gasteiger partial charge on any atom is 0.346 e. The fraction of sp³-hybridized carbons (Fsp3) is 0.214. The van der Waals surface area contributed by atoms with E-state index in [1.807, 2.05) is 6.07 Å². The number of hydrogen-bond donors (Lipinski definition) is 3. The molecule has 2 rings (SSSR count). The van der Waals surface area contributed by atoms with E-state index in [4.69, 9.17) is 27.4 Å². The molecule has 0 radical (unpaired) electrons. The van der Waals surface area contributed by atoms with Gasteiger partial charge in [-0.3, -0.25) is 0 Å². The van der Waals surface area contributed by atoms with E-state index in [9.17, 15) is 9.90 Å². The van der Waals surface area contributed by atoms with Crippen molar-refractivity contribution in [3.63, 3.8) is 0 Å². The summed E-state index contributed by atoms with van der Waals surface area (Å²) in [6, 6.07) is 8.81. The number of hydrazone groups is 1. The molecule has 0 aliphatic carbocycles. The van der Waals surface area contributed by atoms with Crippen LogP contribution in [0.25, 0.3) is 0 Å². The molecule has 0 unspecified atom stereocenters. The summed E-state index contributed by atoms with van der Waals surface area (Å²) >= 11 is 4.83. The summed E-state index contributed by atoms with van der Waals surface area (Å²) in [6.07, 6.45) is -1.08. The smallest absolute Gasteiger partial charge is 0.346 e. The van der Waals surface area contributed by atoms with Gasteiger partial charge in [-0.1, -0.05) is 42.5 Å². The van der Waals surface area contributed by atoms with Crippen LogP contribution in [0.3, 0.4) is 0 Å². The van der Waals surface area contributed by atoms with Gasteiger partial charge in [-0.15, -0.1) is 5.10 Å². The zero-order valence-electron chi connectivity index (χ0n) is 11.8. The van der Waals surface area contributed by atoms with Crippen molar-refractivity contribution in [1.82, 2.24) is 5.43 Å². The minimum absolute atomic E-state index is 0.0146. The highest BCUT2D eigenvalue weighted by Gasteiger charge is 2.29. The van der Waals surface area contributed by atoms with Crippen molar-refractivity contribution < 1.29 is 19.4 Å². The molecule has 1 atom stereocenters. The maximum absolute atomic E-state index is 11.8. The number of aliphatic hydroxyl groups is 1. The average Bonchev–Trinajstić information content (AvgIpc) is 2.97. The Labute approximate surface area is 132 Å². The third kappa shape index (κ3) is 3.41. The summed E-state index contributed by atoms with van der Waals surface area (Å²) in [5, 5.41) is 14.1. The van der Waals surface area contributed by atoms with Gasteiger partial charge >= 0.3 is 5.97 Å². The second-order valence-electron chi connectivity index (χ2n) is 4.27. The van der Waals surface area contributed by atoms with Crippen molar-refractivity contribution in [3.05, 3.63) is 47.4 Å². The highest BCUT2D eigenvalue weighted by atomic mass is 32.1. The molecular formula is C14H15N3O4S. The molecule has 7 nitrogen and oxygen atoms in total. The monoisotopic (exact) mass is 321 g/mol. The Morgan fingerprint density at radius 2 is 2.18 bits per heavy atom. The predicted molar refractivity (Wildman–Crippen MR) is 83.5 cm³/mol. The van der Waals surface area contributed by atoms with Crippen molar-refractivity contribution in [2.75, 3.05) is 6.61 Å². The highest BCUT2D eigenvalue weighted by molar-refractivity contribution is 7.80. The average molecular weight is 321 g/mol. The Kier molecular flexibility index (Phi) is 5.08. The lowest BCUT2D eigenvalue weighted by Crippen LogP contribution is -2.26. The largest absolute Gasteiger partial charge is 0.462 e. The van der Waals surface area contributed by atoms with Crippen LogP contribution >= 0.6 is 12.2 Å². The van der Waals surface area contributed by atoms with Crippen molar-refractivity contribution in [2.24, 2.45) is 10.8 Å². The number of nitrogens with two attached hydrogens (primary N) is 1. The van der Waals surface area contributed by atoms with Crippen LogP contribution in [-0.4, -0.2) is 28.6 Å². The number of nitrogens with zero attached hydrogens (tertiary/aromatic N) is 1. The Hall–Kier alpha value is -2.45. The molecule has 4 N–H and O–H groups in total. The molecule has 0 saturated heterocycles. The third-order valence-corrected chi connectivity index (χ3v) is 2.98. The van der Waals surface area contributed by atoms with Gasteiger partial charge in [0, 0.05) is 0 Å². The fourth-order valence-corrected chi connectivity index (χ4v) is 1.94. The van der Waals surface area contributed by atoms with Crippen LogP contribution in [0.1, 0.15) is 18.6 Å². The lowest BCUT2D eigenvalue weighted by molar-refractivity contribution is -0.138. The molecule has 0 spiro atoms. The van der Waals surface area contributed by atoms with Gasteiger partial charge in [0.05, 0.1) is 6.61 Å². The number of ether oxygens (including phenoxy) is 2. The first kappa shape index (κ1) is 15.9. The second kappa shape index (κ2) is 7.01. The van der Waals surface area contributed by atoms with Crippen LogP contribution < -0.4 is 11.2 Å². The lowest BCUT2D eigenvalue weighted by atomic mass is 10.1. The topological polar surface area (TPSA) is 106 Å². The molecular weight excluding hydrogens is 306 g/mol. The first-order chi connectivity index (χ1) is 10.5. The SMILES string of the molecule is CCOC(=O)/C(C(N)=S)=C1/NN=C([C@@H](O)c2ccccc2)O1. The van der Waals surface area contributed by atoms with Gasteiger partial charge in [0.1, 0.15) is 4.99 Å². The number of esters is 1. The van der Waals surface area contributed by atoms with Gasteiger partial charge < -0.3 is 20.3 Å².